The van der Waals surface area contributed by atoms with Crippen molar-refractivity contribution in [2.24, 2.45) is 0 Å². The average molecular weight is 639 g/mol. The normalized spacial score (nSPS) is 12.1. The van der Waals surface area contributed by atoms with E-state index >= 15 is 0 Å². The molecule has 0 aliphatic rings. The molecule has 8 aromatic rings. The molecule has 242 valence electrons. The van der Waals surface area contributed by atoms with Crippen LogP contribution < -0.4 is 20.8 Å². The Labute approximate surface area is 277 Å². The number of aryl methyl sites for hydroxylation is 2. The lowest BCUT2D eigenvalue weighted by atomic mass is 9.96. The first-order chi connectivity index (χ1) is 23.4. The third-order valence-electron chi connectivity index (χ3n) is 9.74. The number of nitrogens with one attached hydrogen (secondary N) is 3. The number of hydrogen-bond acceptors (Lipinski definition) is 8. The summed E-state index contributed by atoms with van der Waals surface area (Å²) in [6.45, 7) is 7.85. The van der Waals surface area contributed by atoms with Crippen molar-refractivity contribution >= 4 is 71.4 Å². The summed E-state index contributed by atoms with van der Waals surface area (Å²) in [5, 5.41) is 21.9. The Morgan fingerprint density at radius 2 is 1.69 bits per heavy atom. The van der Waals surface area contributed by atoms with Crippen LogP contribution in [0.2, 0.25) is 0 Å². The topological polar surface area (TPSA) is 112 Å². The molecular formula is C38H38N8O2. The molecule has 0 spiro atoms. The maximum absolute atomic E-state index is 13.5. The number of ether oxygens (including phenoxy) is 1. The first-order valence-electron chi connectivity index (χ1n) is 16.5. The highest BCUT2D eigenvalue weighted by Crippen LogP contribution is 2.39. The predicted molar refractivity (Wildman–Crippen MR) is 196 cm³/mol. The van der Waals surface area contributed by atoms with Crippen LogP contribution >= 0.6 is 0 Å². The summed E-state index contributed by atoms with van der Waals surface area (Å²) in [6.07, 6.45) is 3.83. The van der Waals surface area contributed by atoms with Gasteiger partial charge in [0.05, 0.1) is 23.5 Å². The van der Waals surface area contributed by atoms with Crippen LogP contribution in [0.1, 0.15) is 24.0 Å². The van der Waals surface area contributed by atoms with Crippen LogP contribution in [0.25, 0.3) is 59.9 Å². The summed E-state index contributed by atoms with van der Waals surface area (Å²) in [5.74, 6) is 1.77. The molecule has 8 rings (SSSR count). The number of aromatic nitrogens is 5. The fraction of sp³-hybridized carbons (Fsp3) is 0.263. The summed E-state index contributed by atoms with van der Waals surface area (Å²) < 4.78 is 7.32. The van der Waals surface area contributed by atoms with Gasteiger partial charge in [-0.25, -0.2) is 9.50 Å². The number of hydrogen-bond donors (Lipinski definition) is 3. The molecular weight excluding hydrogens is 600 g/mol. The maximum Gasteiger partial charge on any atom is 0.199 e. The number of methoxy groups -OCH3 is 1. The summed E-state index contributed by atoms with van der Waals surface area (Å²) in [5.41, 5.74) is 7.81. The molecule has 4 aromatic heterocycles. The molecule has 0 aliphatic carbocycles. The number of fused-ring (bicyclic) bond motifs is 6. The van der Waals surface area contributed by atoms with Crippen LogP contribution in [-0.4, -0.2) is 70.0 Å². The molecule has 0 saturated carbocycles. The summed E-state index contributed by atoms with van der Waals surface area (Å²) >= 11 is 0. The number of H-pyrrole nitrogens is 1. The molecule has 3 N–H and O–H groups in total. The predicted octanol–water partition coefficient (Wildman–Crippen LogP) is 6.88. The van der Waals surface area contributed by atoms with Gasteiger partial charge in [-0.2, -0.15) is 0 Å². The van der Waals surface area contributed by atoms with E-state index in [0.717, 1.165) is 83.9 Å². The van der Waals surface area contributed by atoms with E-state index in [0.29, 0.717) is 10.8 Å². The fourth-order valence-corrected chi connectivity index (χ4v) is 7.30. The number of benzene rings is 4. The van der Waals surface area contributed by atoms with Crippen LogP contribution in [0, 0.1) is 13.8 Å². The molecule has 10 heteroatoms. The molecule has 10 nitrogen and oxygen atoms in total. The maximum atomic E-state index is 13.5. The zero-order valence-corrected chi connectivity index (χ0v) is 27.6. The van der Waals surface area contributed by atoms with Gasteiger partial charge in [0.25, 0.3) is 0 Å². The van der Waals surface area contributed by atoms with Gasteiger partial charge in [0.15, 0.2) is 5.43 Å². The lowest BCUT2D eigenvalue weighted by molar-refractivity contribution is 0.331. The molecule has 48 heavy (non-hydrogen) atoms. The van der Waals surface area contributed by atoms with Gasteiger partial charge < -0.3 is 25.3 Å². The SMILES string of the molecule is COc1ccc2[nH]c3c(C)c4ccnc(NCCCN(C)CCCNc5ccc6nnn7c8ccccc8c(=O)c5c67)c4c(C)c3c2c1. The van der Waals surface area contributed by atoms with Gasteiger partial charge in [-0.15, -0.1) is 5.10 Å². The molecule has 0 radical (unpaired) electrons. The van der Waals surface area contributed by atoms with Crippen LogP contribution in [-0.2, 0) is 0 Å². The minimum Gasteiger partial charge on any atom is -0.497 e. The van der Waals surface area contributed by atoms with Gasteiger partial charge in [0, 0.05) is 52.0 Å². The van der Waals surface area contributed by atoms with Gasteiger partial charge >= 0.3 is 0 Å². The molecule has 0 aliphatic heterocycles. The number of aromatic amines is 1. The van der Waals surface area contributed by atoms with Crippen LogP contribution in [0.3, 0.4) is 0 Å². The third kappa shape index (κ3) is 4.83. The summed E-state index contributed by atoms with van der Waals surface area (Å²) in [7, 11) is 3.87. The van der Waals surface area contributed by atoms with Crippen LogP contribution in [0.5, 0.6) is 5.75 Å². The van der Waals surface area contributed by atoms with Crippen molar-refractivity contribution < 1.29 is 4.74 Å². The van der Waals surface area contributed by atoms with Gasteiger partial charge in [-0.05, 0) is 112 Å². The van der Waals surface area contributed by atoms with Crippen molar-refractivity contribution in [1.82, 2.24) is 29.7 Å². The smallest absolute Gasteiger partial charge is 0.199 e. The molecule has 0 atom stereocenters. The van der Waals surface area contributed by atoms with E-state index < -0.39 is 0 Å². The minimum absolute atomic E-state index is 0.00950. The molecule has 0 bridgehead atoms. The first kappa shape index (κ1) is 29.9. The minimum atomic E-state index is 0.00950. The van der Waals surface area contributed by atoms with E-state index in [1.807, 2.05) is 48.7 Å². The molecule has 0 fully saturated rings. The van der Waals surface area contributed by atoms with Gasteiger partial charge in [-0.1, -0.05) is 17.3 Å². The average Bonchev–Trinajstić information content (AvgIpc) is 3.72. The van der Waals surface area contributed by atoms with Crippen molar-refractivity contribution in [2.45, 2.75) is 26.7 Å². The van der Waals surface area contributed by atoms with Crippen molar-refractivity contribution in [3.05, 3.63) is 88.2 Å². The van der Waals surface area contributed by atoms with Gasteiger partial charge in [0.2, 0.25) is 0 Å². The van der Waals surface area contributed by atoms with Crippen molar-refractivity contribution in [3.8, 4) is 5.75 Å². The van der Waals surface area contributed by atoms with Crippen LogP contribution in [0.4, 0.5) is 11.5 Å². The standard InChI is InChI=1S/C38H38N8O2/c1-22-25-15-18-41-38(33(25)23(2)32-27-21-24(48-4)11-12-28(27)42-35(22)32)40-17-8-20-45(3)19-7-16-39-29-13-14-30-36-34(29)37(47)26-9-5-6-10-31(26)46(36)44-43-30/h5-6,9-15,18,21,39,42H,7-8,16-17,19-20H2,1-4H3,(H,40,41). The Hall–Kier alpha value is -5.48. The fourth-order valence-electron chi connectivity index (χ4n) is 7.30. The molecule has 0 amide bonds. The Balaban J connectivity index is 0.910. The highest BCUT2D eigenvalue weighted by atomic mass is 16.5. The molecule has 0 unspecified atom stereocenters. The Morgan fingerprint density at radius 1 is 0.875 bits per heavy atom. The number of anilines is 2. The van der Waals surface area contributed by atoms with Crippen molar-refractivity contribution in [2.75, 3.05) is 51.0 Å². The zero-order chi connectivity index (χ0) is 32.9. The quantitative estimate of drug-likeness (QED) is 0.104. The number of nitrogens with zero attached hydrogens (tertiary/aromatic N) is 5. The van der Waals surface area contributed by atoms with Gasteiger partial charge in [0.1, 0.15) is 22.6 Å². The molecule has 4 aromatic carbocycles. The second-order valence-electron chi connectivity index (χ2n) is 12.7. The Bertz CT molecular complexity index is 2540. The van der Waals surface area contributed by atoms with Crippen LogP contribution in [0.15, 0.2) is 71.7 Å². The van der Waals surface area contributed by atoms with E-state index in [2.05, 4.69) is 69.9 Å². The number of para-hydroxylation sites is 1. The number of pyridine rings is 2. The number of rotatable bonds is 11. The van der Waals surface area contributed by atoms with E-state index in [1.54, 1.807) is 11.6 Å². The lowest BCUT2D eigenvalue weighted by Crippen LogP contribution is -2.24. The molecule has 4 heterocycles. The zero-order valence-electron chi connectivity index (χ0n) is 27.6. The van der Waals surface area contributed by atoms with Gasteiger partial charge in [-0.3, -0.25) is 4.79 Å². The third-order valence-corrected chi connectivity index (χ3v) is 9.74. The van der Waals surface area contributed by atoms with E-state index in [9.17, 15) is 4.79 Å². The first-order valence-corrected chi connectivity index (χ1v) is 16.5. The Kier molecular flexibility index (Phi) is 7.44. The monoisotopic (exact) mass is 638 g/mol. The second kappa shape index (κ2) is 12.0. The second-order valence-corrected chi connectivity index (χ2v) is 12.7. The van der Waals surface area contributed by atoms with E-state index in [-0.39, 0.29) is 5.43 Å². The highest BCUT2D eigenvalue weighted by molar-refractivity contribution is 6.18. The summed E-state index contributed by atoms with van der Waals surface area (Å²) in [4.78, 5) is 24.3. The van der Waals surface area contributed by atoms with Crippen molar-refractivity contribution in [3.63, 3.8) is 0 Å². The highest BCUT2D eigenvalue weighted by Gasteiger charge is 2.19. The lowest BCUT2D eigenvalue weighted by Gasteiger charge is -2.18. The van der Waals surface area contributed by atoms with E-state index in [1.165, 1.54) is 32.7 Å². The summed E-state index contributed by atoms with van der Waals surface area (Å²) in [6, 6.07) is 19.8. The Morgan fingerprint density at radius 3 is 2.52 bits per heavy atom. The van der Waals surface area contributed by atoms with E-state index in [4.69, 9.17) is 9.72 Å². The molecule has 0 saturated heterocycles. The van der Waals surface area contributed by atoms with Crippen molar-refractivity contribution in [1.29, 1.82) is 0 Å². The largest absolute Gasteiger partial charge is 0.497 e.